The molecule has 9 heteroatoms. The van der Waals surface area contributed by atoms with Crippen LogP contribution in [0.2, 0.25) is 0 Å². The molecule has 0 unspecified atom stereocenters. The van der Waals surface area contributed by atoms with Gasteiger partial charge in [0.2, 0.25) is 0 Å². The number of nitrogens with zero attached hydrogens (tertiary/aromatic N) is 3. The Labute approximate surface area is 154 Å². The summed E-state index contributed by atoms with van der Waals surface area (Å²) in [6, 6.07) is 4.63. The van der Waals surface area contributed by atoms with Crippen molar-refractivity contribution in [3.8, 4) is 0 Å². The maximum absolute atomic E-state index is 13.4. The van der Waals surface area contributed by atoms with Crippen LogP contribution in [0.1, 0.15) is 24.9 Å². The Morgan fingerprint density at radius 1 is 1.33 bits per heavy atom. The van der Waals surface area contributed by atoms with Crippen molar-refractivity contribution in [2.24, 2.45) is 4.99 Å². The van der Waals surface area contributed by atoms with Crippen LogP contribution in [-0.2, 0) is 13.0 Å². The molecule has 2 aromatic heterocycles. The predicted octanol–water partition coefficient (Wildman–Crippen LogP) is 3.20. The summed E-state index contributed by atoms with van der Waals surface area (Å²) in [5.74, 6) is 0.419. The van der Waals surface area contributed by atoms with Gasteiger partial charge in [0, 0.05) is 42.6 Å². The fourth-order valence-electron chi connectivity index (χ4n) is 2.81. The lowest BCUT2D eigenvalue weighted by atomic mass is 10.1. The summed E-state index contributed by atoms with van der Waals surface area (Å²) in [5, 5.41) is 7.07. The van der Waals surface area contributed by atoms with Crippen LogP contribution in [0.15, 0.2) is 41.8 Å². The summed E-state index contributed by atoms with van der Waals surface area (Å²) in [7, 11) is 0. The van der Waals surface area contributed by atoms with E-state index in [9.17, 15) is 13.2 Å². The van der Waals surface area contributed by atoms with Gasteiger partial charge < -0.3 is 15.6 Å². The molecule has 0 spiro atoms. The number of hydrogen-bond donors (Lipinski definition) is 3. The Morgan fingerprint density at radius 2 is 2.19 bits per heavy atom. The number of imidazole rings is 1. The second-order valence-electron chi connectivity index (χ2n) is 5.90. The Bertz CT molecular complexity index is 915. The number of benzene rings is 1. The van der Waals surface area contributed by atoms with Crippen molar-refractivity contribution in [2.75, 3.05) is 13.1 Å². The fraction of sp³-hybridized carbons (Fsp3) is 0.333. The van der Waals surface area contributed by atoms with Crippen LogP contribution in [-0.4, -0.2) is 33.6 Å². The van der Waals surface area contributed by atoms with Gasteiger partial charge in [-0.3, -0.25) is 4.57 Å². The zero-order valence-corrected chi connectivity index (χ0v) is 14.8. The molecule has 27 heavy (non-hydrogen) atoms. The van der Waals surface area contributed by atoms with Gasteiger partial charge in [-0.15, -0.1) is 0 Å². The van der Waals surface area contributed by atoms with Gasteiger partial charge >= 0.3 is 6.55 Å². The fourth-order valence-corrected chi connectivity index (χ4v) is 2.81. The molecule has 0 aliphatic heterocycles. The Balaban J connectivity index is 1.62. The van der Waals surface area contributed by atoms with E-state index in [-0.39, 0.29) is 18.2 Å². The van der Waals surface area contributed by atoms with E-state index in [1.807, 2.05) is 13.1 Å². The van der Waals surface area contributed by atoms with E-state index in [4.69, 9.17) is 0 Å². The molecule has 1 aromatic carbocycles. The van der Waals surface area contributed by atoms with Crippen LogP contribution in [0.5, 0.6) is 0 Å². The van der Waals surface area contributed by atoms with Gasteiger partial charge in [0.1, 0.15) is 18.2 Å². The number of alkyl halides is 2. The van der Waals surface area contributed by atoms with Crippen molar-refractivity contribution in [3.63, 3.8) is 0 Å². The molecule has 0 saturated heterocycles. The van der Waals surface area contributed by atoms with Crippen molar-refractivity contribution in [3.05, 3.63) is 54.0 Å². The predicted molar refractivity (Wildman–Crippen MR) is 98.3 cm³/mol. The lowest BCUT2D eigenvalue weighted by Crippen LogP contribution is -2.38. The number of halogens is 3. The van der Waals surface area contributed by atoms with E-state index in [0.29, 0.717) is 25.5 Å². The first-order valence-corrected chi connectivity index (χ1v) is 8.66. The molecule has 0 amide bonds. The normalized spacial score (nSPS) is 12.1. The molecule has 0 fully saturated rings. The van der Waals surface area contributed by atoms with Gasteiger partial charge in [-0.1, -0.05) is 0 Å². The van der Waals surface area contributed by atoms with Crippen LogP contribution in [0.3, 0.4) is 0 Å². The molecular weight excluding hydrogens is 357 g/mol. The number of guanidine groups is 1. The summed E-state index contributed by atoms with van der Waals surface area (Å²) in [6.45, 7) is 0.493. The number of H-pyrrole nitrogens is 1. The number of rotatable bonds is 7. The minimum atomic E-state index is -2.64. The minimum Gasteiger partial charge on any atom is -0.361 e. The monoisotopic (exact) mass is 378 g/mol. The van der Waals surface area contributed by atoms with E-state index in [1.165, 1.54) is 24.5 Å². The molecule has 3 rings (SSSR count). The topological polar surface area (TPSA) is 70.0 Å². The number of aliphatic imine (C=N–C) groups is 1. The Morgan fingerprint density at radius 3 is 2.96 bits per heavy atom. The third-order valence-electron chi connectivity index (χ3n) is 4.10. The number of aromatic amines is 1. The second kappa shape index (κ2) is 8.61. The van der Waals surface area contributed by atoms with E-state index in [2.05, 4.69) is 25.6 Å². The highest BCUT2D eigenvalue weighted by Crippen LogP contribution is 2.19. The summed E-state index contributed by atoms with van der Waals surface area (Å²) < 4.78 is 40.0. The number of aromatic nitrogens is 3. The highest BCUT2D eigenvalue weighted by Gasteiger charge is 2.11. The van der Waals surface area contributed by atoms with Crippen molar-refractivity contribution >= 4 is 16.9 Å². The average Bonchev–Trinajstić information content (AvgIpc) is 3.26. The van der Waals surface area contributed by atoms with Gasteiger partial charge in [0.15, 0.2) is 5.96 Å². The standard InChI is InChI=1S/C18H21F3N6/c1-2-22-18(26-11-16-23-7-8-27(16)17(20)21)24-6-5-12-10-25-15-4-3-13(19)9-14(12)15/h3-4,7-10,17,25H,2,5-6,11H2,1H3,(H2,22,24,26). The molecule has 144 valence electrons. The Kier molecular flexibility index (Phi) is 6.00. The van der Waals surface area contributed by atoms with E-state index >= 15 is 0 Å². The van der Waals surface area contributed by atoms with Crippen LogP contribution >= 0.6 is 0 Å². The van der Waals surface area contributed by atoms with Gasteiger partial charge in [0.05, 0.1) is 0 Å². The maximum Gasteiger partial charge on any atom is 0.319 e. The molecule has 3 N–H and O–H groups in total. The highest BCUT2D eigenvalue weighted by molar-refractivity contribution is 5.83. The van der Waals surface area contributed by atoms with E-state index < -0.39 is 6.55 Å². The Hall–Kier alpha value is -2.97. The molecule has 0 atom stereocenters. The quantitative estimate of drug-likeness (QED) is 0.437. The summed E-state index contributed by atoms with van der Waals surface area (Å²) >= 11 is 0. The van der Waals surface area contributed by atoms with Gasteiger partial charge in [-0.25, -0.2) is 14.4 Å². The van der Waals surface area contributed by atoms with Crippen molar-refractivity contribution in [2.45, 2.75) is 26.4 Å². The molecular formula is C18H21F3N6. The lowest BCUT2D eigenvalue weighted by molar-refractivity contribution is 0.0671. The third-order valence-corrected chi connectivity index (χ3v) is 4.10. The molecule has 6 nitrogen and oxygen atoms in total. The van der Waals surface area contributed by atoms with Crippen molar-refractivity contribution in [1.82, 2.24) is 25.2 Å². The highest BCUT2D eigenvalue weighted by atomic mass is 19.3. The van der Waals surface area contributed by atoms with Gasteiger partial charge in [0.25, 0.3) is 0 Å². The molecule has 0 radical (unpaired) electrons. The second-order valence-corrected chi connectivity index (χ2v) is 5.90. The molecule has 0 bridgehead atoms. The largest absolute Gasteiger partial charge is 0.361 e. The van der Waals surface area contributed by atoms with E-state index in [0.717, 1.165) is 21.0 Å². The number of fused-ring (bicyclic) bond motifs is 1. The first-order chi connectivity index (χ1) is 13.1. The summed E-state index contributed by atoms with van der Waals surface area (Å²) in [6.07, 6.45) is 5.06. The first kappa shape index (κ1) is 18.8. The molecule has 2 heterocycles. The van der Waals surface area contributed by atoms with Crippen molar-refractivity contribution in [1.29, 1.82) is 0 Å². The number of hydrogen-bond acceptors (Lipinski definition) is 2. The summed E-state index contributed by atoms with van der Waals surface area (Å²) in [5.41, 5.74) is 1.87. The first-order valence-electron chi connectivity index (χ1n) is 8.66. The van der Waals surface area contributed by atoms with Gasteiger partial charge in [-0.2, -0.15) is 8.78 Å². The molecule has 0 saturated carbocycles. The zero-order chi connectivity index (χ0) is 19.2. The minimum absolute atomic E-state index is 0.0327. The summed E-state index contributed by atoms with van der Waals surface area (Å²) in [4.78, 5) is 11.3. The van der Waals surface area contributed by atoms with Crippen LogP contribution < -0.4 is 10.6 Å². The average molecular weight is 378 g/mol. The number of nitrogens with one attached hydrogen (secondary N) is 3. The smallest absolute Gasteiger partial charge is 0.319 e. The lowest BCUT2D eigenvalue weighted by Gasteiger charge is -2.11. The van der Waals surface area contributed by atoms with Crippen molar-refractivity contribution < 1.29 is 13.2 Å². The van der Waals surface area contributed by atoms with Crippen LogP contribution in [0.4, 0.5) is 13.2 Å². The van der Waals surface area contributed by atoms with Crippen LogP contribution in [0.25, 0.3) is 10.9 Å². The van der Waals surface area contributed by atoms with Crippen LogP contribution in [0, 0.1) is 5.82 Å². The maximum atomic E-state index is 13.4. The molecule has 0 aliphatic carbocycles. The van der Waals surface area contributed by atoms with Gasteiger partial charge in [-0.05, 0) is 37.1 Å². The molecule has 3 aromatic rings. The third kappa shape index (κ3) is 4.60. The molecule has 0 aliphatic rings. The zero-order valence-electron chi connectivity index (χ0n) is 14.8. The SMILES string of the molecule is CCNC(=NCc1nccn1C(F)F)NCCc1c[nH]c2ccc(F)cc12. The van der Waals surface area contributed by atoms with E-state index in [1.54, 1.807) is 6.07 Å².